The Labute approximate surface area is 119 Å². The maximum atomic E-state index is 3.65. The highest BCUT2D eigenvalue weighted by molar-refractivity contribution is 5.85. The molecule has 0 bridgehead atoms. The first-order valence-corrected chi connectivity index (χ1v) is 7.21. The van der Waals surface area contributed by atoms with Crippen molar-refractivity contribution in [1.29, 1.82) is 0 Å². The van der Waals surface area contributed by atoms with Crippen molar-refractivity contribution in [2.75, 3.05) is 5.32 Å². The van der Waals surface area contributed by atoms with Crippen molar-refractivity contribution in [2.24, 2.45) is 0 Å². The number of anilines is 1. The summed E-state index contributed by atoms with van der Waals surface area (Å²) in [5.41, 5.74) is 4.18. The molecule has 3 aromatic rings. The van der Waals surface area contributed by atoms with Crippen LogP contribution in [-0.2, 0) is 12.8 Å². The van der Waals surface area contributed by atoms with Crippen LogP contribution in [0.3, 0.4) is 0 Å². The van der Waals surface area contributed by atoms with Gasteiger partial charge >= 0.3 is 0 Å². The van der Waals surface area contributed by atoms with Crippen LogP contribution in [0.1, 0.15) is 11.1 Å². The summed E-state index contributed by atoms with van der Waals surface area (Å²) in [5.74, 6) is 0. The van der Waals surface area contributed by atoms with E-state index in [-0.39, 0.29) is 0 Å². The van der Waals surface area contributed by atoms with Crippen molar-refractivity contribution in [3.8, 4) is 0 Å². The molecule has 0 spiro atoms. The molecule has 20 heavy (non-hydrogen) atoms. The maximum absolute atomic E-state index is 3.65. The molecular weight excluding hydrogens is 242 g/mol. The Morgan fingerprint density at radius 3 is 2.60 bits per heavy atom. The molecule has 0 aromatic heterocycles. The van der Waals surface area contributed by atoms with E-state index in [0.29, 0.717) is 6.04 Å². The van der Waals surface area contributed by atoms with Crippen LogP contribution in [0.2, 0.25) is 0 Å². The van der Waals surface area contributed by atoms with E-state index in [1.165, 1.54) is 27.6 Å². The fraction of sp³-hybridized carbons (Fsp3) is 0.158. The van der Waals surface area contributed by atoms with E-state index < -0.39 is 0 Å². The third-order valence-corrected chi connectivity index (χ3v) is 4.19. The van der Waals surface area contributed by atoms with Gasteiger partial charge in [0.25, 0.3) is 0 Å². The van der Waals surface area contributed by atoms with Crippen molar-refractivity contribution in [2.45, 2.75) is 18.9 Å². The minimum absolute atomic E-state index is 0.512. The van der Waals surface area contributed by atoms with Crippen molar-refractivity contribution in [3.63, 3.8) is 0 Å². The average molecular weight is 259 g/mol. The highest BCUT2D eigenvalue weighted by Gasteiger charge is 2.20. The summed E-state index contributed by atoms with van der Waals surface area (Å²) in [4.78, 5) is 0. The van der Waals surface area contributed by atoms with Crippen LogP contribution in [0, 0.1) is 0 Å². The number of fused-ring (bicyclic) bond motifs is 2. The summed E-state index contributed by atoms with van der Waals surface area (Å²) < 4.78 is 0. The second-order valence-electron chi connectivity index (χ2n) is 5.54. The Balaban J connectivity index is 1.64. The van der Waals surface area contributed by atoms with E-state index in [2.05, 4.69) is 72.0 Å². The Morgan fingerprint density at radius 1 is 0.850 bits per heavy atom. The van der Waals surface area contributed by atoms with Gasteiger partial charge in [-0.25, -0.2) is 0 Å². The standard InChI is InChI=1S/C19H17N/c1-3-10-18-14(6-1)8-5-9-15(18)12-17-13-16-7-2-4-11-19(16)20-17/h1-11,17,20H,12-13H2/t17-/m0/s1. The molecule has 0 fully saturated rings. The van der Waals surface area contributed by atoms with Gasteiger partial charge in [0.05, 0.1) is 0 Å². The zero-order valence-corrected chi connectivity index (χ0v) is 11.3. The fourth-order valence-electron chi connectivity index (χ4n) is 3.23. The summed E-state index contributed by atoms with van der Waals surface area (Å²) in [5, 5.41) is 6.36. The Hall–Kier alpha value is -2.28. The molecule has 0 saturated carbocycles. The number of benzene rings is 3. The first-order chi connectivity index (χ1) is 9.90. The van der Waals surface area contributed by atoms with Crippen LogP contribution in [0.15, 0.2) is 66.7 Å². The first-order valence-electron chi connectivity index (χ1n) is 7.21. The summed E-state index contributed by atoms with van der Waals surface area (Å²) in [6, 6.07) is 24.4. The van der Waals surface area contributed by atoms with Crippen LogP contribution >= 0.6 is 0 Å². The van der Waals surface area contributed by atoms with E-state index in [4.69, 9.17) is 0 Å². The van der Waals surface area contributed by atoms with Crippen LogP contribution in [0.4, 0.5) is 5.69 Å². The zero-order valence-electron chi connectivity index (χ0n) is 11.3. The number of para-hydroxylation sites is 1. The molecule has 3 aromatic carbocycles. The molecule has 1 N–H and O–H groups in total. The maximum Gasteiger partial charge on any atom is 0.0375 e. The van der Waals surface area contributed by atoms with Crippen LogP contribution in [0.5, 0.6) is 0 Å². The molecule has 1 nitrogen and oxygen atoms in total. The summed E-state index contributed by atoms with van der Waals surface area (Å²) in [6.45, 7) is 0. The molecule has 4 rings (SSSR count). The second-order valence-corrected chi connectivity index (χ2v) is 5.54. The summed E-state index contributed by atoms with van der Waals surface area (Å²) >= 11 is 0. The van der Waals surface area contributed by atoms with E-state index in [1.54, 1.807) is 0 Å². The molecule has 98 valence electrons. The molecule has 1 heteroatoms. The number of nitrogens with one attached hydrogen (secondary N) is 1. The van der Waals surface area contributed by atoms with Crippen molar-refractivity contribution in [3.05, 3.63) is 77.9 Å². The van der Waals surface area contributed by atoms with Gasteiger partial charge in [0, 0.05) is 11.7 Å². The van der Waals surface area contributed by atoms with Gasteiger partial charge in [-0.05, 0) is 40.8 Å². The lowest BCUT2D eigenvalue weighted by molar-refractivity contribution is 0.750. The SMILES string of the molecule is c1ccc2c(c1)C[C@H](Cc1cccc3ccccc13)N2. The molecular formula is C19H17N. The van der Waals surface area contributed by atoms with Crippen LogP contribution < -0.4 is 5.32 Å². The van der Waals surface area contributed by atoms with Gasteiger partial charge in [-0.15, -0.1) is 0 Å². The molecule has 0 radical (unpaired) electrons. The molecule has 1 aliphatic rings. The molecule has 1 atom stereocenters. The summed E-state index contributed by atoms with van der Waals surface area (Å²) in [6.07, 6.45) is 2.20. The van der Waals surface area contributed by atoms with E-state index in [0.717, 1.165) is 12.8 Å². The van der Waals surface area contributed by atoms with Crippen LogP contribution in [0.25, 0.3) is 10.8 Å². The first kappa shape index (κ1) is 11.5. The van der Waals surface area contributed by atoms with Gasteiger partial charge in [0.1, 0.15) is 0 Å². The number of hydrogen-bond acceptors (Lipinski definition) is 1. The molecule has 0 amide bonds. The van der Waals surface area contributed by atoms with Gasteiger partial charge in [0.2, 0.25) is 0 Å². The third-order valence-electron chi connectivity index (χ3n) is 4.19. The minimum Gasteiger partial charge on any atom is -0.381 e. The highest BCUT2D eigenvalue weighted by atomic mass is 14.9. The minimum atomic E-state index is 0.512. The Bertz CT molecular complexity index is 730. The van der Waals surface area contributed by atoms with Gasteiger partial charge in [-0.2, -0.15) is 0 Å². The van der Waals surface area contributed by atoms with Crippen LogP contribution in [-0.4, -0.2) is 6.04 Å². The molecule has 1 aliphatic heterocycles. The lowest BCUT2D eigenvalue weighted by atomic mass is 9.97. The highest BCUT2D eigenvalue weighted by Crippen LogP contribution is 2.28. The molecule has 0 unspecified atom stereocenters. The van der Waals surface area contributed by atoms with Crippen molar-refractivity contribution < 1.29 is 0 Å². The lowest BCUT2D eigenvalue weighted by Gasteiger charge is -2.13. The summed E-state index contributed by atoms with van der Waals surface area (Å²) in [7, 11) is 0. The van der Waals surface area contributed by atoms with Crippen molar-refractivity contribution >= 4 is 16.5 Å². The molecule has 0 saturated heterocycles. The zero-order chi connectivity index (χ0) is 13.4. The van der Waals surface area contributed by atoms with Gasteiger partial charge < -0.3 is 5.32 Å². The number of rotatable bonds is 2. The predicted molar refractivity (Wildman–Crippen MR) is 85.2 cm³/mol. The second kappa shape index (κ2) is 4.68. The Kier molecular flexibility index (Phi) is 2.70. The van der Waals surface area contributed by atoms with Crippen molar-refractivity contribution in [1.82, 2.24) is 0 Å². The lowest BCUT2D eigenvalue weighted by Crippen LogP contribution is -2.18. The monoisotopic (exact) mass is 259 g/mol. The molecule has 0 aliphatic carbocycles. The third kappa shape index (κ3) is 1.96. The Morgan fingerprint density at radius 2 is 1.65 bits per heavy atom. The van der Waals surface area contributed by atoms with Gasteiger partial charge in [-0.1, -0.05) is 60.7 Å². The number of hydrogen-bond donors (Lipinski definition) is 1. The van der Waals surface area contributed by atoms with E-state index >= 15 is 0 Å². The predicted octanol–water partition coefficient (Wildman–Crippen LogP) is 4.42. The van der Waals surface area contributed by atoms with Gasteiger partial charge in [-0.3, -0.25) is 0 Å². The smallest absolute Gasteiger partial charge is 0.0375 e. The fourth-order valence-corrected chi connectivity index (χ4v) is 3.23. The van der Waals surface area contributed by atoms with E-state index in [1.807, 2.05) is 0 Å². The normalized spacial score (nSPS) is 16.9. The van der Waals surface area contributed by atoms with E-state index in [9.17, 15) is 0 Å². The van der Waals surface area contributed by atoms with Gasteiger partial charge in [0.15, 0.2) is 0 Å². The largest absolute Gasteiger partial charge is 0.381 e. The quantitative estimate of drug-likeness (QED) is 0.718. The average Bonchev–Trinajstić information content (AvgIpc) is 2.90. The molecule has 1 heterocycles. The topological polar surface area (TPSA) is 12.0 Å².